The standard InChI is InChI=1S/C25H26N2O6S2/c1-3-33-19-10-9-17(14-20(19)32-2)15-21-23(29)27(25(34)35-21)12-11-22(28)26-18(24(30)31)13-16-7-5-4-6-8-16/h4-10,14-15,18H,3,11-13H2,1-2H3,(H,26,28)(H,30,31)/b21-15+. The number of methoxy groups -OCH3 is 1. The van der Waals surface area contributed by atoms with Crippen LogP contribution < -0.4 is 14.8 Å². The summed E-state index contributed by atoms with van der Waals surface area (Å²) in [7, 11) is 1.54. The van der Waals surface area contributed by atoms with E-state index >= 15 is 0 Å². The number of hydrogen-bond donors (Lipinski definition) is 2. The molecule has 35 heavy (non-hydrogen) atoms. The maximum absolute atomic E-state index is 12.9. The largest absolute Gasteiger partial charge is 0.493 e. The van der Waals surface area contributed by atoms with Gasteiger partial charge in [-0.3, -0.25) is 14.5 Å². The highest BCUT2D eigenvalue weighted by Crippen LogP contribution is 2.34. The average Bonchev–Trinajstić information content (AvgIpc) is 3.10. The number of carbonyl (C=O) groups excluding carboxylic acids is 2. The predicted octanol–water partition coefficient (Wildman–Crippen LogP) is 3.50. The van der Waals surface area contributed by atoms with Gasteiger partial charge in [-0.15, -0.1) is 0 Å². The quantitative estimate of drug-likeness (QED) is 0.347. The molecular formula is C25H26N2O6S2. The lowest BCUT2D eigenvalue weighted by atomic mass is 10.1. The fraction of sp³-hybridized carbons (Fsp3) is 0.280. The van der Waals surface area contributed by atoms with Crippen molar-refractivity contribution in [3.8, 4) is 11.5 Å². The number of rotatable bonds is 11. The van der Waals surface area contributed by atoms with Crippen molar-refractivity contribution >= 4 is 52.2 Å². The molecule has 2 aromatic carbocycles. The third-order valence-corrected chi connectivity index (χ3v) is 6.52. The SMILES string of the molecule is CCOc1ccc(/C=C2/SC(=S)N(CCC(=O)NC(Cc3ccccc3)C(=O)O)C2=O)cc1OC. The van der Waals surface area contributed by atoms with Crippen molar-refractivity contribution in [1.29, 1.82) is 0 Å². The maximum atomic E-state index is 12.9. The van der Waals surface area contributed by atoms with Crippen molar-refractivity contribution in [3.63, 3.8) is 0 Å². The van der Waals surface area contributed by atoms with Gasteiger partial charge in [0.05, 0.1) is 18.6 Å². The summed E-state index contributed by atoms with van der Waals surface area (Å²) in [5, 5.41) is 12.0. The second-order valence-electron chi connectivity index (χ2n) is 7.57. The van der Waals surface area contributed by atoms with E-state index in [-0.39, 0.29) is 25.3 Å². The number of ether oxygens (including phenoxy) is 2. The highest BCUT2D eigenvalue weighted by atomic mass is 32.2. The molecule has 0 bridgehead atoms. The lowest BCUT2D eigenvalue weighted by Crippen LogP contribution is -2.43. The molecule has 0 saturated carbocycles. The van der Waals surface area contributed by atoms with Gasteiger partial charge in [-0.1, -0.05) is 60.4 Å². The second-order valence-corrected chi connectivity index (χ2v) is 9.25. The first-order valence-corrected chi connectivity index (χ1v) is 12.2. The van der Waals surface area contributed by atoms with Crippen LogP contribution in [0, 0.1) is 0 Å². The van der Waals surface area contributed by atoms with Gasteiger partial charge in [-0.05, 0) is 36.3 Å². The van der Waals surface area contributed by atoms with Crippen molar-refractivity contribution in [2.45, 2.75) is 25.8 Å². The molecule has 1 unspecified atom stereocenters. The minimum Gasteiger partial charge on any atom is -0.493 e. The lowest BCUT2D eigenvalue weighted by Gasteiger charge is -2.17. The summed E-state index contributed by atoms with van der Waals surface area (Å²) in [5.74, 6) is -0.738. The number of amides is 2. The van der Waals surface area contributed by atoms with Gasteiger partial charge in [0.2, 0.25) is 5.91 Å². The highest BCUT2D eigenvalue weighted by Gasteiger charge is 2.32. The fourth-order valence-corrected chi connectivity index (χ4v) is 4.73. The van der Waals surface area contributed by atoms with Crippen LogP contribution in [-0.2, 0) is 20.8 Å². The number of nitrogens with zero attached hydrogens (tertiary/aromatic N) is 1. The third-order valence-electron chi connectivity index (χ3n) is 5.14. The van der Waals surface area contributed by atoms with Gasteiger partial charge in [-0.25, -0.2) is 4.79 Å². The van der Waals surface area contributed by atoms with Crippen LogP contribution in [0.2, 0.25) is 0 Å². The summed E-state index contributed by atoms with van der Waals surface area (Å²) in [6, 6.07) is 13.3. The molecule has 184 valence electrons. The van der Waals surface area contributed by atoms with E-state index < -0.39 is 17.9 Å². The molecule has 1 aliphatic rings. The highest BCUT2D eigenvalue weighted by molar-refractivity contribution is 8.26. The van der Waals surface area contributed by atoms with Gasteiger partial charge in [0.25, 0.3) is 5.91 Å². The first-order chi connectivity index (χ1) is 16.8. The number of carboxylic acids is 1. The van der Waals surface area contributed by atoms with Crippen molar-refractivity contribution in [2.75, 3.05) is 20.3 Å². The summed E-state index contributed by atoms with van der Waals surface area (Å²) >= 11 is 6.49. The Hall–Kier alpha value is -3.37. The number of aliphatic carboxylic acids is 1. The van der Waals surface area contributed by atoms with Crippen molar-refractivity contribution in [3.05, 3.63) is 64.6 Å². The molecule has 0 spiro atoms. The van der Waals surface area contributed by atoms with Crippen LogP contribution >= 0.6 is 24.0 Å². The first kappa shape index (κ1) is 26.2. The maximum Gasteiger partial charge on any atom is 0.326 e. The van der Waals surface area contributed by atoms with Gasteiger partial charge in [0, 0.05) is 19.4 Å². The fourth-order valence-electron chi connectivity index (χ4n) is 3.42. The summed E-state index contributed by atoms with van der Waals surface area (Å²) in [6.07, 6.45) is 1.80. The summed E-state index contributed by atoms with van der Waals surface area (Å²) in [5.41, 5.74) is 1.54. The zero-order valence-electron chi connectivity index (χ0n) is 19.4. The lowest BCUT2D eigenvalue weighted by molar-refractivity contribution is -0.141. The molecule has 1 atom stereocenters. The van der Waals surface area contributed by atoms with Crippen molar-refractivity contribution in [2.24, 2.45) is 0 Å². The van der Waals surface area contributed by atoms with E-state index in [2.05, 4.69) is 5.32 Å². The Balaban J connectivity index is 1.61. The molecule has 2 N–H and O–H groups in total. The Morgan fingerprint density at radius 2 is 1.94 bits per heavy atom. The van der Waals surface area contributed by atoms with E-state index in [1.165, 1.54) is 4.90 Å². The van der Waals surface area contributed by atoms with Gasteiger partial charge >= 0.3 is 5.97 Å². The number of benzene rings is 2. The molecule has 0 radical (unpaired) electrons. The van der Waals surface area contributed by atoms with Gasteiger partial charge in [0.15, 0.2) is 11.5 Å². The number of carbonyl (C=O) groups is 3. The molecule has 0 aromatic heterocycles. The number of nitrogens with one attached hydrogen (secondary N) is 1. The van der Waals surface area contributed by atoms with E-state index in [0.29, 0.717) is 27.3 Å². The number of carboxylic acid groups (broad SMARTS) is 1. The molecular weight excluding hydrogens is 488 g/mol. The zero-order valence-corrected chi connectivity index (χ0v) is 21.0. The Labute approximate surface area is 213 Å². The minimum absolute atomic E-state index is 0.0537. The average molecular weight is 515 g/mol. The minimum atomic E-state index is -1.12. The van der Waals surface area contributed by atoms with Gasteiger partial charge < -0.3 is 19.9 Å². The smallest absolute Gasteiger partial charge is 0.326 e. The van der Waals surface area contributed by atoms with Crippen LogP contribution in [0.15, 0.2) is 53.4 Å². The number of thioether (sulfide) groups is 1. The summed E-state index contributed by atoms with van der Waals surface area (Å²) < 4.78 is 11.2. The topological polar surface area (TPSA) is 105 Å². The number of thiocarbonyl (C=S) groups is 1. The monoisotopic (exact) mass is 514 g/mol. The molecule has 2 amide bonds. The van der Waals surface area contributed by atoms with Gasteiger partial charge in [0.1, 0.15) is 10.4 Å². The van der Waals surface area contributed by atoms with Crippen molar-refractivity contribution < 1.29 is 29.0 Å². The van der Waals surface area contributed by atoms with E-state index in [0.717, 1.165) is 22.9 Å². The Bertz CT molecular complexity index is 1140. The Morgan fingerprint density at radius 1 is 1.20 bits per heavy atom. The second kappa shape index (κ2) is 12.4. The summed E-state index contributed by atoms with van der Waals surface area (Å²) in [4.78, 5) is 38.7. The number of hydrogen-bond acceptors (Lipinski definition) is 7. The summed E-state index contributed by atoms with van der Waals surface area (Å²) in [6.45, 7) is 2.43. The van der Waals surface area contributed by atoms with Crippen LogP contribution in [0.1, 0.15) is 24.5 Å². The zero-order chi connectivity index (χ0) is 25.4. The molecule has 3 rings (SSSR count). The normalized spacial score (nSPS) is 15.3. The molecule has 2 aromatic rings. The first-order valence-electron chi connectivity index (χ1n) is 10.9. The molecule has 1 fully saturated rings. The van der Waals surface area contributed by atoms with E-state index in [9.17, 15) is 19.5 Å². The predicted molar refractivity (Wildman–Crippen MR) is 138 cm³/mol. The Kier molecular flexibility index (Phi) is 9.27. The molecule has 10 heteroatoms. The molecule has 8 nitrogen and oxygen atoms in total. The molecule has 0 aliphatic carbocycles. The van der Waals surface area contributed by atoms with Gasteiger partial charge in [-0.2, -0.15) is 0 Å². The van der Waals surface area contributed by atoms with Crippen LogP contribution in [0.4, 0.5) is 0 Å². The van der Waals surface area contributed by atoms with Crippen LogP contribution in [0.3, 0.4) is 0 Å². The van der Waals surface area contributed by atoms with Crippen LogP contribution in [0.5, 0.6) is 11.5 Å². The molecule has 1 aliphatic heterocycles. The third kappa shape index (κ3) is 7.06. The van der Waals surface area contributed by atoms with Crippen LogP contribution in [0.25, 0.3) is 6.08 Å². The Morgan fingerprint density at radius 3 is 2.60 bits per heavy atom. The van der Waals surface area contributed by atoms with E-state index in [4.69, 9.17) is 21.7 Å². The van der Waals surface area contributed by atoms with E-state index in [1.807, 2.05) is 31.2 Å². The molecule has 1 saturated heterocycles. The van der Waals surface area contributed by atoms with E-state index in [1.54, 1.807) is 37.5 Å². The van der Waals surface area contributed by atoms with Crippen LogP contribution in [-0.4, -0.2) is 58.4 Å². The molecule has 1 heterocycles. The van der Waals surface area contributed by atoms with Crippen molar-refractivity contribution in [1.82, 2.24) is 10.2 Å².